The van der Waals surface area contributed by atoms with E-state index in [0.717, 1.165) is 6.42 Å². The van der Waals surface area contributed by atoms with E-state index in [9.17, 15) is 10.2 Å². The molecule has 17 heavy (non-hydrogen) atoms. The summed E-state index contributed by atoms with van der Waals surface area (Å²) >= 11 is 0. The summed E-state index contributed by atoms with van der Waals surface area (Å²) in [6, 6.07) is 5.13. The molecule has 0 fully saturated rings. The highest BCUT2D eigenvalue weighted by Crippen LogP contribution is 2.28. The Hall–Kier alpha value is -1.26. The lowest BCUT2D eigenvalue weighted by Crippen LogP contribution is -2.17. The van der Waals surface area contributed by atoms with Gasteiger partial charge in [0, 0.05) is 6.07 Å². The zero-order chi connectivity index (χ0) is 12.8. The van der Waals surface area contributed by atoms with Crippen LogP contribution in [-0.2, 0) is 0 Å². The molecule has 0 aliphatic carbocycles. The van der Waals surface area contributed by atoms with Crippen LogP contribution >= 0.6 is 0 Å². The average Bonchev–Trinajstić information content (AvgIpc) is 2.37. The molecule has 2 N–H and O–H groups in total. The van der Waals surface area contributed by atoms with Gasteiger partial charge in [-0.2, -0.15) is 0 Å². The maximum absolute atomic E-state index is 10.00. The summed E-state index contributed by atoms with van der Waals surface area (Å²) in [6.45, 7) is 1.96. The van der Waals surface area contributed by atoms with E-state index in [1.807, 2.05) is 6.92 Å². The molecule has 1 aromatic carbocycles. The van der Waals surface area contributed by atoms with E-state index in [-0.39, 0.29) is 0 Å². The molecule has 96 valence electrons. The van der Waals surface area contributed by atoms with Crippen molar-refractivity contribution in [3.8, 4) is 11.5 Å². The highest BCUT2D eigenvalue weighted by Gasteiger charge is 2.19. The van der Waals surface area contributed by atoms with Crippen molar-refractivity contribution in [2.45, 2.75) is 32.0 Å². The van der Waals surface area contributed by atoms with Crippen LogP contribution in [0.5, 0.6) is 11.5 Å². The molecule has 4 nitrogen and oxygen atoms in total. The van der Waals surface area contributed by atoms with E-state index in [2.05, 4.69) is 0 Å². The van der Waals surface area contributed by atoms with Crippen LogP contribution in [0.25, 0.3) is 0 Å². The Morgan fingerprint density at radius 3 is 2.00 bits per heavy atom. The molecule has 0 aliphatic rings. The van der Waals surface area contributed by atoms with Crippen molar-refractivity contribution in [2.24, 2.45) is 0 Å². The lowest BCUT2D eigenvalue weighted by Gasteiger charge is -2.18. The third kappa shape index (κ3) is 3.61. The number of ether oxygens (including phenoxy) is 2. The van der Waals surface area contributed by atoms with Gasteiger partial charge in [-0.15, -0.1) is 0 Å². The van der Waals surface area contributed by atoms with E-state index in [1.165, 1.54) is 0 Å². The number of hydrogen-bond donors (Lipinski definition) is 2. The molecule has 2 atom stereocenters. The first-order valence-corrected chi connectivity index (χ1v) is 5.71. The van der Waals surface area contributed by atoms with Crippen LogP contribution in [-0.4, -0.2) is 30.5 Å². The molecule has 0 aliphatic heterocycles. The first-order chi connectivity index (χ1) is 8.12. The van der Waals surface area contributed by atoms with Crippen LogP contribution in [0.2, 0.25) is 0 Å². The highest BCUT2D eigenvalue weighted by molar-refractivity contribution is 5.39. The predicted octanol–water partition coefficient (Wildman–Crippen LogP) is 1.90. The van der Waals surface area contributed by atoms with Gasteiger partial charge in [0.1, 0.15) is 17.6 Å². The number of rotatable bonds is 6. The Kier molecular flexibility index (Phi) is 5.25. The first-order valence-electron chi connectivity index (χ1n) is 5.71. The van der Waals surface area contributed by atoms with Gasteiger partial charge in [0.2, 0.25) is 0 Å². The topological polar surface area (TPSA) is 58.9 Å². The number of benzene rings is 1. The standard InChI is InChI=1S/C13H20O4/c1-4-5-12(14)13(15)9-6-10(16-2)8-11(7-9)17-3/h6-8,12-15H,4-5H2,1-3H3. The third-order valence-electron chi connectivity index (χ3n) is 2.66. The van der Waals surface area contributed by atoms with Crippen molar-refractivity contribution in [2.75, 3.05) is 14.2 Å². The largest absolute Gasteiger partial charge is 0.497 e. The lowest BCUT2D eigenvalue weighted by atomic mass is 10.0. The van der Waals surface area contributed by atoms with Crippen LogP contribution in [0.1, 0.15) is 31.4 Å². The number of aliphatic hydroxyl groups excluding tert-OH is 2. The van der Waals surface area contributed by atoms with Crippen molar-refractivity contribution in [1.29, 1.82) is 0 Å². The Morgan fingerprint density at radius 2 is 1.59 bits per heavy atom. The second kappa shape index (κ2) is 6.47. The molecule has 0 radical (unpaired) electrons. The van der Waals surface area contributed by atoms with Crippen molar-refractivity contribution < 1.29 is 19.7 Å². The summed E-state index contributed by atoms with van der Waals surface area (Å²) in [4.78, 5) is 0. The monoisotopic (exact) mass is 240 g/mol. The summed E-state index contributed by atoms with van der Waals surface area (Å²) < 4.78 is 10.2. The van der Waals surface area contributed by atoms with Crippen LogP contribution in [0.3, 0.4) is 0 Å². The van der Waals surface area contributed by atoms with Gasteiger partial charge >= 0.3 is 0 Å². The molecule has 0 saturated carbocycles. The zero-order valence-electron chi connectivity index (χ0n) is 10.5. The van der Waals surface area contributed by atoms with Gasteiger partial charge in [0.25, 0.3) is 0 Å². The summed E-state index contributed by atoms with van der Waals surface area (Å²) in [5.74, 6) is 1.20. The summed E-state index contributed by atoms with van der Waals surface area (Å²) in [5, 5.41) is 19.8. The molecule has 0 spiro atoms. The Labute approximate surface area is 102 Å². The Morgan fingerprint density at radius 1 is 1.06 bits per heavy atom. The molecule has 1 aromatic rings. The van der Waals surface area contributed by atoms with Crippen LogP contribution < -0.4 is 9.47 Å². The molecule has 1 rings (SSSR count). The number of methoxy groups -OCH3 is 2. The van der Waals surface area contributed by atoms with Gasteiger partial charge in [0.15, 0.2) is 0 Å². The average molecular weight is 240 g/mol. The molecule has 0 heterocycles. The second-order valence-electron chi connectivity index (χ2n) is 3.95. The van der Waals surface area contributed by atoms with Crippen LogP contribution in [0.15, 0.2) is 18.2 Å². The molecular weight excluding hydrogens is 220 g/mol. The van der Waals surface area contributed by atoms with E-state index in [4.69, 9.17) is 9.47 Å². The van der Waals surface area contributed by atoms with Crippen LogP contribution in [0.4, 0.5) is 0 Å². The minimum atomic E-state index is -0.918. The van der Waals surface area contributed by atoms with Gasteiger partial charge in [0.05, 0.1) is 20.3 Å². The van der Waals surface area contributed by atoms with Gasteiger partial charge in [-0.1, -0.05) is 13.3 Å². The van der Waals surface area contributed by atoms with Gasteiger partial charge < -0.3 is 19.7 Å². The fourth-order valence-corrected chi connectivity index (χ4v) is 1.68. The van der Waals surface area contributed by atoms with Crippen LogP contribution in [0, 0.1) is 0 Å². The SMILES string of the molecule is CCCC(O)C(O)c1cc(OC)cc(OC)c1. The van der Waals surface area contributed by atoms with Crippen molar-refractivity contribution in [3.63, 3.8) is 0 Å². The second-order valence-corrected chi connectivity index (χ2v) is 3.95. The third-order valence-corrected chi connectivity index (χ3v) is 2.66. The maximum atomic E-state index is 10.00. The van der Waals surface area contributed by atoms with Gasteiger partial charge in [-0.25, -0.2) is 0 Å². The lowest BCUT2D eigenvalue weighted by molar-refractivity contribution is 0.0129. The van der Waals surface area contributed by atoms with E-state index in [0.29, 0.717) is 23.5 Å². The van der Waals surface area contributed by atoms with E-state index >= 15 is 0 Å². The van der Waals surface area contributed by atoms with Crippen molar-refractivity contribution in [1.82, 2.24) is 0 Å². The van der Waals surface area contributed by atoms with Gasteiger partial charge in [-0.3, -0.25) is 0 Å². The van der Waals surface area contributed by atoms with Gasteiger partial charge in [-0.05, 0) is 24.1 Å². The van der Waals surface area contributed by atoms with E-state index < -0.39 is 12.2 Å². The summed E-state index contributed by atoms with van der Waals surface area (Å²) in [7, 11) is 3.10. The molecule has 2 unspecified atom stereocenters. The normalized spacial score (nSPS) is 14.2. The number of aliphatic hydroxyl groups is 2. The van der Waals surface area contributed by atoms with Crippen molar-refractivity contribution >= 4 is 0 Å². The Balaban J connectivity index is 2.95. The molecular formula is C13H20O4. The molecule has 0 bridgehead atoms. The maximum Gasteiger partial charge on any atom is 0.122 e. The van der Waals surface area contributed by atoms with Crippen molar-refractivity contribution in [3.05, 3.63) is 23.8 Å². The quantitative estimate of drug-likeness (QED) is 0.797. The molecule has 0 aromatic heterocycles. The molecule has 0 amide bonds. The molecule has 4 heteroatoms. The number of hydrogen-bond acceptors (Lipinski definition) is 4. The smallest absolute Gasteiger partial charge is 0.122 e. The Bertz CT molecular complexity index is 329. The first kappa shape index (κ1) is 13.8. The minimum Gasteiger partial charge on any atom is -0.497 e. The fraction of sp³-hybridized carbons (Fsp3) is 0.538. The highest BCUT2D eigenvalue weighted by atomic mass is 16.5. The predicted molar refractivity (Wildman–Crippen MR) is 65.4 cm³/mol. The molecule has 0 saturated heterocycles. The summed E-state index contributed by atoms with van der Waals surface area (Å²) in [5.41, 5.74) is 0.599. The van der Waals surface area contributed by atoms with E-state index in [1.54, 1.807) is 32.4 Å². The fourth-order valence-electron chi connectivity index (χ4n) is 1.68. The minimum absolute atomic E-state index is 0.556. The zero-order valence-corrected chi connectivity index (χ0v) is 10.5. The summed E-state index contributed by atoms with van der Waals surface area (Å²) in [6.07, 6.45) is -0.309.